The molecule has 1 amide bonds. The lowest BCUT2D eigenvalue weighted by Crippen LogP contribution is -2.24. The number of aromatic hydroxyl groups is 1. The van der Waals surface area contributed by atoms with Crippen LogP contribution < -0.4 is 19.6 Å². The predicted octanol–water partition coefficient (Wildman–Crippen LogP) is 3.45. The smallest absolute Gasteiger partial charge is 0.277 e. The molecule has 2 N–H and O–H groups in total. The molecule has 2 aromatic carbocycles. The number of hydrazone groups is 1. The second kappa shape index (κ2) is 10.2. The summed E-state index contributed by atoms with van der Waals surface area (Å²) in [7, 11) is 2.87. The molecule has 2 aromatic rings. The molecule has 150 valence electrons. The van der Waals surface area contributed by atoms with E-state index < -0.39 is 0 Å². The van der Waals surface area contributed by atoms with E-state index in [1.807, 2.05) is 24.3 Å². The van der Waals surface area contributed by atoms with Crippen molar-refractivity contribution in [1.82, 2.24) is 5.43 Å². The number of ether oxygens (including phenoxy) is 3. The predicted molar refractivity (Wildman–Crippen MR) is 108 cm³/mol. The fraction of sp³-hybridized carbons (Fsp3) is 0.333. The molecule has 0 spiro atoms. The van der Waals surface area contributed by atoms with Crippen molar-refractivity contribution in [2.24, 2.45) is 5.10 Å². The van der Waals surface area contributed by atoms with Crippen LogP contribution in [-0.4, -0.2) is 38.1 Å². The highest BCUT2D eigenvalue weighted by molar-refractivity contribution is 5.84. The molecule has 0 aliphatic heterocycles. The Morgan fingerprint density at radius 3 is 2.32 bits per heavy atom. The summed E-state index contributed by atoms with van der Waals surface area (Å²) in [5, 5.41) is 13.8. The maximum atomic E-state index is 11.9. The van der Waals surface area contributed by atoms with E-state index >= 15 is 0 Å². The Balaban J connectivity index is 1.88. The molecule has 0 aliphatic rings. The van der Waals surface area contributed by atoms with Gasteiger partial charge in [0.05, 0.1) is 20.4 Å². The van der Waals surface area contributed by atoms with E-state index in [0.29, 0.717) is 17.2 Å². The largest absolute Gasteiger partial charge is 0.502 e. The van der Waals surface area contributed by atoms with Gasteiger partial charge in [0.2, 0.25) is 5.75 Å². The summed E-state index contributed by atoms with van der Waals surface area (Å²) in [6.45, 7) is 4.16. The van der Waals surface area contributed by atoms with Crippen LogP contribution in [0.2, 0.25) is 0 Å². The van der Waals surface area contributed by atoms with Crippen LogP contribution in [0.4, 0.5) is 0 Å². The van der Waals surface area contributed by atoms with Gasteiger partial charge in [-0.15, -0.1) is 0 Å². The lowest BCUT2D eigenvalue weighted by Gasteiger charge is -2.10. The van der Waals surface area contributed by atoms with Crippen molar-refractivity contribution >= 4 is 12.1 Å². The zero-order chi connectivity index (χ0) is 20.5. The zero-order valence-corrected chi connectivity index (χ0v) is 16.6. The standard InChI is InChI=1S/C21H26N2O5/c1-5-14(2)16-6-8-17(9-7-16)28-13-20(24)23-22-12-15-10-18(26-3)21(25)19(11-15)27-4/h6-12,14,25H,5,13H2,1-4H3,(H,23,24). The fourth-order valence-electron chi connectivity index (χ4n) is 2.48. The Bertz CT molecular complexity index is 793. The lowest BCUT2D eigenvalue weighted by atomic mass is 9.99. The van der Waals surface area contributed by atoms with Gasteiger partial charge in [0, 0.05) is 5.56 Å². The average molecular weight is 386 g/mol. The highest BCUT2D eigenvalue weighted by atomic mass is 16.5. The Hall–Kier alpha value is -3.22. The molecule has 1 atom stereocenters. The molecule has 0 bridgehead atoms. The first-order valence-corrected chi connectivity index (χ1v) is 8.98. The number of nitrogens with zero attached hydrogens (tertiary/aromatic N) is 1. The van der Waals surface area contributed by atoms with Gasteiger partial charge >= 0.3 is 0 Å². The molecule has 0 heterocycles. The van der Waals surface area contributed by atoms with E-state index in [2.05, 4.69) is 24.4 Å². The summed E-state index contributed by atoms with van der Waals surface area (Å²) in [6.07, 6.45) is 2.49. The van der Waals surface area contributed by atoms with Crippen molar-refractivity contribution in [2.75, 3.05) is 20.8 Å². The molecule has 0 aliphatic carbocycles. The van der Waals surface area contributed by atoms with E-state index in [1.54, 1.807) is 12.1 Å². The molecule has 2 rings (SSSR count). The molecule has 28 heavy (non-hydrogen) atoms. The van der Waals surface area contributed by atoms with Gasteiger partial charge in [-0.3, -0.25) is 4.79 Å². The molecular weight excluding hydrogens is 360 g/mol. The number of benzene rings is 2. The number of rotatable bonds is 9. The number of carbonyl (C=O) groups is 1. The number of phenolic OH excluding ortho intramolecular Hbond substituents is 1. The number of carbonyl (C=O) groups excluding carboxylic acids is 1. The molecular formula is C21H26N2O5. The quantitative estimate of drug-likeness (QED) is 0.509. The maximum absolute atomic E-state index is 11.9. The molecule has 0 radical (unpaired) electrons. The topological polar surface area (TPSA) is 89.4 Å². The number of phenols is 1. The second-order valence-electron chi connectivity index (χ2n) is 6.23. The first kappa shape index (κ1) is 21.1. The van der Waals surface area contributed by atoms with E-state index in [1.165, 1.54) is 26.0 Å². The van der Waals surface area contributed by atoms with Crippen molar-refractivity contribution in [3.05, 3.63) is 47.5 Å². The molecule has 7 nitrogen and oxygen atoms in total. The number of amides is 1. The Morgan fingerprint density at radius 1 is 1.18 bits per heavy atom. The molecule has 1 unspecified atom stereocenters. The molecule has 0 saturated carbocycles. The maximum Gasteiger partial charge on any atom is 0.277 e. The van der Waals surface area contributed by atoms with Gasteiger partial charge in [0.25, 0.3) is 5.91 Å². The van der Waals surface area contributed by atoms with Crippen LogP contribution in [0.25, 0.3) is 0 Å². The van der Waals surface area contributed by atoms with Gasteiger partial charge in [-0.05, 0) is 42.2 Å². The second-order valence-corrected chi connectivity index (χ2v) is 6.23. The Labute approximate surface area is 164 Å². The van der Waals surface area contributed by atoms with Gasteiger partial charge in [-0.1, -0.05) is 26.0 Å². The van der Waals surface area contributed by atoms with Gasteiger partial charge in [0.15, 0.2) is 18.1 Å². The van der Waals surface area contributed by atoms with E-state index in [0.717, 1.165) is 6.42 Å². The SMILES string of the molecule is CCC(C)c1ccc(OCC(=O)NN=Cc2cc(OC)c(O)c(OC)c2)cc1. The average Bonchev–Trinajstić information content (AvgIpc) is 2.72. The Morgan fingerprint density at radius 2 is 1.79 bits per heavy atom. The van der Waals surface area contributed by atoms with Gasteiger partial charge in [-0.25, -0.2) is 5.43 Å². The summed E-state index contributed by atoms with van der Waals surface area (Å²) < 4.78 is 15.6. The van der Waals surface area contributed by atoms with E-state index in [-0.39, 0.29) is 29.8 Å². The van der Waals surface area contributed by atoms with Crippen molar-refractivity contribution in [1.29, 1.82) is 0 Å². The van der Waals surface area contributed by atoms with Crippen molar-refractivity contribution < 1.29 is 24.1 Å². The highest BCUT2D eigenvalue weighted by Gasteiger charge is 2.10. The van der Waals surface area contributed by atoms with Crippen molar-refractivity contribution in [3.63, 3.8) is 0 Å². The van der Waals surface area contributed by atoms with Crippen LogP contribution in [0.5, 0.6) is 23.0 Å². The summed E-state index contributed by atoms with van der Waals surface area (Å²) in [4.78, 5) is 11.9. The highest BCUT2D eigenvalue weighted by Crippen LogP contribution is 2.36. The molecule has 7 heteroatoms. The summed E-state index contributed by atoms with van der Waals surface area (Å²) >= 11 is 0. The Kier molecular flexibility index (Phi) is 7.68. The summed E-state index contributed by atoms with van der Waals surface area (Å²) in [5.41, 5.74) is 4.22. The van der Waals surface area contributed by atoms with Crippen molar-refractivity contribution in [3.8, 4) is 23.0 Å². The first-order valence-electron chi connectivity index (χ1n) is 8.98. The van der Waals surface area contributed by atoms with Crippen LogP contribution >= 0.6 is 0 Å². The number of hydrogen-bond acceptors (Lipinski definition) is 6. The van der Waals surface area contributed by atoms with Crippen LogP contribution in [0.3, 0.4) is 0 Å². The third-order valence-corrected chi connectivity index (χ3v) is 4.34. The third kappa shape index (κ3) is 5.64. The van der Waals surface area contributed by atoms with Gasteiger partial charge in [-0.2, -0.15) is 5.10 Å². The van der Waals surface area contributed by atoms with Crippen molar-refractivity contribution in [2.45, 2.75) is 26.2 Å². The van der Waals surface area contributed by atoms with E-state index in [4.69, 9.17) is 14.2 Å². The normalized spacial score (nSPS) is 11.9. The zero-order valence-electron chi connectivity index (χ0n) is 16.6. The molecule has 0 aromatic heterocycles. The van der Waals surface area contributed by atoms with Crippen LogP contribution in [0, 0.1) is 0 Å². The minimum Gasteiger partial charge on any atom is -0.502 e. The minimum atomic E-state index is -0.389. The number of hydrogen-bond donors (Lipinski definition) is 2. The number of methoxy groups -OCH3 is 2. The summed E-state index contributed by atoms with van der Waals surface area (Å²) in [5.74, 6) is 1.12. The van der Waals surface area contributed by atoms with Crippen LogP contribution in [0.15, 0.2) is 41.5 Å². The monoisotopic (exact) mass is 386 g/mol. The van der Waals surface area contributed by atoms with Crippen LogP contribution in [-0.2, 0) is 4.79 Å². The first-order chi connectivity index (χ1) is 13.5. The summed E-state index contributed by atoms with van der Waals surface area (Å²) in [6, 6.07) is 10.9. The minimum absolute atomic E-state index is 0.0982. The van der Waals surface area contributed by atoms with Gasteiger partial charge < -0.3 is 19.3 Å². The van der Waals surface area contributed by atoms with E-state index in [9.17, 15) is 9.90 Å². The van der Waals surface area contributed by atoms with Gasteiger partial charge in [0.1, 0.15) is 5.75 Å². The van der Waals surface area contributed by atoms with Crippen LogP contribution in [0.1, 0.15) is 37.3 Å². The fourth-order valence-corrected chi connectivity index (χ4v) is 2.48. The third-order valence-electron chi connectivity index (χ3n) is 4.34. The molecule has 0 saturated heterocycles. The lowest BCUT2D eigenvalue weighted by molar-refractivity contribution is -0.123. The number of nitrogens with one attached hydrogen (secondary N) is 1. The molecule has 0 fully saturated rings.